The molecule has 0 heterocycles. The molecule has 0 spiro atoms. The van der Waals surface area contributed by atoms with Crippen LogP contribution >= 0.6 is 0 Å². The van der Waals surface area contributed by atoms with E-state index in [0.29, 0.717) is 18.7 Å². The first-order chi connectivity index (χ1) is 14.8. The molecule has 0 saturated carbocycles. The number of ether oxygens (including phenoxy) is 1. The molecule has 2 aromatic rings. The molecule has 0 aliphatic heterocycles. The molecule has 6 nitrogen and oxygen atoms in total. The monoisotopic (exact) mass is 447 g/mol. The number of hydrogen-bond donors (Lipinski definition) is 0. The molecule has 0 saturated heterocycles. The molecule has 1 atom stereocenters. The fourth-order valence-corrected chi connectivity index (χ4v) is 3.45. The normalized spacial score (nSPS) is 12.3. The van der Waals surface area contributed by atoms with Crippen LogP contribution in [0.25, 0.3) is 0 Å². The minimum atomic E-state index is -3.60. The smallest absolute Gasteiger partial charge is 0.308 e. The van der Waals surface area contributed by atoms with Gasteiger partial charge in [0.2, 0.25) is 0 Å². The van der Waals surface area contributed by atoms with Crippen molar-refractivity contribution in [3.05, 3.63) is 59.7 Å². The number of hydrogen-bond acceptors (Lipinski definition) is 5. The van der Waals surface area contributed by atoms with Gasteiger partial charge in [0.25, 0.3) is 5.91 Å². The van der Waals surface area contributed by atoms with E-state index in [2.05, 4.69) is 6.92 Å². The zero-order valence-electron chi connectivity index (χ0n) is 18.8. The van der Waals surface area contributed by atoms with E-state index in [1.807, 2.05) is 32.0 Å². The van der Waals surface area contributed by atoms with Crippen molar-refractivity contribution in [1.82, 2.24) is 4.90 Å². The summed E-state index contributed by atoms with van der Waals surface area (Å²) >= 11 is 0. The third-order valence-electron chi connectivity index (χ3n) is 5.08. The Labute approximate surface area is 186 Å². The lowest BCUT2D eigenvalue weighted by Gasteiger charge is -2.29. The molecule has 0 aliphatic rings. The van der Waals surface area contributed by atoms with E-state index in [1.165, 1.54) is 6.92 Å². The van der Waals surface area contributed by atoms with E-state index in [1.54, 1.807) is 35.2 Å². The molecular weight excluding hydrogens is 414 g/mol. The van der Waals surface area contributed by atoms with E-state index in [-0.39, 0.29) is 23.5 Å². The van der Waals surface area contributed by atoms with Crippen LogP contribution in [0.5, 0.6) is 11.5 Å². The van der Waals surface area contributed by atoms with Gasteiger partial charge in [0.05, 0.1) is 12.4 Å². The van der Waals surface area contributed by atoms with Gasteiger partial charge in [-0.2, -0.15) is 8.42 Å². The van der Waals surface area contributed by atoms with E-state index in [9.17, 15) is 13.2 Å². The van der Waals surface area contributed by atoms with Crippen molar-refractivity contribution in [1.29, 1.82) is 0 Å². The molecule has 0 fully saturated rings. The number of nitrogens with zero attached hydrogens (tertiary/aromatic N) is 1. The van der Waals surface area contributed by atoms with Crippen LogP contribution < -0.4 is 8.92 Å². The fourth-order valence-electron chi connectivity index (χ4n) is 2.94. The molecular formula is C24H33NO5S. The van der Waals surface area contributed by atoms with Crippen LogP contribution in [0.1, 0.15) is 62.9 Å². The SMILES string of the molecule is CCCCOc1ccc(C(=O)N(Cc2cccc(OS(=O)(=O)CC)c2)C(C)CC)cc1. The molecule has 2 aromatic carbocycles. The molecule has 0 bridgehead atoms. The van der Waals surface area contributed by atoms with Crippen molar-refractivity contribution < 1.29 is 22.1 Å². The Balaban J connectivity index is 2.18. The van der Waals surface area contributed by atoms with E-state index < -0.39 is 10.1 Å². The average molecular weight is 448 g/mol. The minimum absolute atomic E-state index is 0.0110. The van der Waals surface area contributed by atoms with E-state index >= 15 is 0 Å². The van der Waals surface area contributed by atoms with E-state index in [4.69, 9.17) is 8.92 Å². The average Bonchev–Trinajstić information content (AvgIpc) is 2.77. The van der Waals surface area contributed by atoms with Crippen molar-refractivity contribution in [3.8, 4) is 11.5 Å². The lowest BCUT2D eigenvalue weighted by molar-refractivity contribution is 0.0671. The highest BCUT2D eigenvalue weighted by Gasteiger charge is 2.21. The third kappa shape index (κ3) is 7.58. The van der Waals surface area contributed by atoms with Crippen LogP contribution in [0, 0.1) is 0 Å². The summed E-state index contributed by atoms with van der Waals surface area (Å²) in [4.78, 5) is 15.0. The van der Waals surface area contributed by atoms with Crippen molar-refractivity contribution in [2.45, 2.75) is 59.5 Å². The second kappa shape index (κ2) is 11.7. The van der Waals surface area contributed by atoms with Crippen molar-refractivity contribution in [2.24, 2.45) is 0 Å². The predicted molar refractivity (Wildman–Crippen MR) is 123 cm³/mol. The third-order valence-corrected chi connectivity index (χ3v) is 6.23. The zero-order chi connectivity index (χ0) is 22.9. The van der Waals surface area contributed by atoms with Crippen LogP contribution in [0.15, 0.2) is 48.5 Å². The van der Waals surface area contributed by atoms with Crippen LogP contribution in [0.3, 0.4) is 0 Å². The predicted octanol–water partition coefficient (Wildman–Crippen LogP) is 5.03. The number of carbonyl (C=O) groups is 1. The Morgan fingerprint density at radius 1 is 1.03 bits per heavy atom. The summed E-state index contributed by atoms with van der Waals surface area (Å²) in [5, 5.41) is 0. The second-order valence-electron chi connectivity index (χ2n) is 7.49. The number of rotatable bonds is 12. The van der Waals surface area contributed by atoms with Crippen LogP contribution in [-0.4, -0.2) is 37.6 Å². The molecule has 7 heteroatoms. The number of carbonyl (C=O) groups excluding carboxylic acids is 1. The maximum Gasteiger partial charge on any atom is 0.308 e. The van der Waals surface area contributed by atoms with Crippen LogP contribution in [0.4, 0.5) is 0 Å². The first-order valence-electron chi connectivity index (χ1n) is 10.8. The lowest BCUT2D eigenvalue weighted by Crippen LogP contribution is -2.37. The Hall–Kier alpha value is -2.54. The topological polar surface area (TPSA) is 72.9 Å². The molecule has 0 radical (unpaired) electrons. The van der Waals surface area contributed by atoms with Gasteiger partial charge in [-0.15, -0.1) is 0 Å². The number of unbranched alkanes of at least 4 members (excludes halogenated alkanes) is 1. The van der Waals surface area contributed by atoms with Crippen LogP contribution in [0.2, 0.25) is 0 Å². The Kier molecular flexibility index (Phi) is 9.37. The van der Waals surface area contributed by atoms with E-state index in [0.717, 1.165) is 30.6 Å². The van der Waals surface area contributed by atoms with Gasteiger partial charge in [-0.1, -0.05) is 32.4 Å². The fraction of sp³-hybridized carbons (Fsp3) is 0.458. The summed E-state index contributed by atoms with van der Waals surface area (Å²) in [6, 6.07) is 14.1. The highest BCUT2D eigenvalue weighted by molar-refractivity contribution is 7.87. The summed E-state index contributed by atoms with van der Waals surface area (Å²) in [5.74, 6) is 0.820. The molecule has 0 N–H and O–H groups in total. The summed E-state index contributed by atoms with van der Waals surface area (Å²) < 4.78 is 34.3. The first-order valence-corrected chi connectivity index (χ1v) is 12.4. The number of benzene rings is 2. The maximum atomic E-state index is 13.2. The standard InChI is InChI=1S/C24H33NO5S/c1-5-8-16-29-22-14-12-21(13-15-22)24(26)25(19(4)6-2)18-20-10-9-11-23(17-20)30-31(27,28)7-3/h9-15,17,19H,5-8,16,18H2,1-4H3. The molecule has 31 heavy (non-hydrogen) atoms. The van der Waals surface area contributed by atoms with Gasteiger partial charge >= 0.3 is 10.1 Å². The molecule has 1 unspecified atom stereocenters. The summed E-state index contributed by atoms with van der Waals surface area (Å²) in [6.45, 7) is 8.69. The first kappa shape index (κ1) is 24.7. The summed E-state index contributed by atoms with van der Waals surface area (Å²) in [6.07, 6.45) is 2.85. The Bertz CT molecular complexity index is 941. The van der Waals surface area contributed by atoms with Gasteiger partial charge in [-0.3, -0.25) is 4.79 Å². The van der Waals surface area contributed by atoms with Crippen molar-refractivity contribution in [2.75, 3.05) is 12.4 Å². The van der Waals surface area contributed by atoms with Gasteiger partial charge in [-0.25, -0.2) is 0 Å². The summed E-state index contributed by atoms with van der Waals surface area (Å²) in [5.41, 5.74) is 1.39. The number of amides is 1. The van der Waals surface area contributed by atoms with Crippen molar-refractivity contribution >= 4 is 16.0 Å². The quantitative estimate of drug-likeness (QED) is 0.337. The van der Waals surface area contributed by atoms with Gasteiger partial charge in [-0.05, 0) is 68.7 Å². The van der Waals surface area contributed by atoms with Crippen LogP contribution in [-0.2, 0) is 16.7 Å². The largest absolute Gasteiger partial charge is 0.494 e. The Morgan fingerprint density at radius 3 is 2.35 bits per heavy atom. The van der Waals surface area contributed by atoms with Gasteiger partial charge in [0.1, 0.15) is 11.5 Å². The Morgan fingerprint density at radius 2 is 1.74 bits per heavy atom. The highest BCUT2D eigenvalue weighted by Crippen LogP contribution is 2.21. The van der Waals surface area contributed by atoms with Gasteiger partial charge < -0.3 is 13.8 Å². The zero-order valence-corrected chi connectivity index (χ0v) is 19.7. The molecule has 0 aromatic heterocycles. The molecule has 170 valence electrons. The lowest BCUT2D eigenvalue weighted by atomic mass is 10.1. The van der Waals surface area contributed by atoms with Gasteiger partial charge in [0, 0.05) is 18.2 Å². The second-order valence-corrected chi connectivity index (χ2v) is 9.35. The molecule has 0 aliphatic carbocycles. The molecule has 1 amide bonds. The molecule has 2 rings (SSSR count). The summed E-state index contributed by atoms with van der Waals surface area (Å²) in [7, 11) is -3.60. The van der Waals surface area contributed by atoms with Gasteiger partial charge in [0.15, 0.2) is 0 Å². The highest BCUT2D eigenvalue weighted by atomic mass is 32.2. The maximum absolute atomic E-state index is 13.2. The van der Waals surface area contributed by atoms with Crippen molar-refractivity contribution in [3.63, 3.8) is 0 Å². The minimum Gasteiger partial charge on any atom is -0.494 e.